The van der Waals surface area contributed by atoms with Gasteiger partial charge in [-0.3, -0.25) is 13.9 Å². The lowest BCUT2D eigenvalue weighted by Crippen LogP contribution is -2.53. The van der Waals surface area contributed by atoms with Gasteiger partial charge in [0, 0.05) is 32.7 Å². The Balaban J connectivity index is 1.75. The van der Waals surface area contributed by atoms with Crippen molar-refractivity contribution in [2.24, 2.45) is 0 Å². The lowest BCUT2D eigenvalue weighted by Gasteiger charge is -2.34. The molecule has 0 spiro atoms. The number of carbonyl (C=O) groups excluding carboxylic acids is 2. The Labute approximate surface area is 266 Å². The number of hydrogen-bond acceptors (Lipinski definition) is 4. The quantitative estimate of drug-likeness (QED) is 0.231. The molecule has 224 valence electrons. The van der Waals surface area contributed by atoms with Gasteiger partial charge in [0.1, 0.15) is 12.6 Å². The van der Waals surface area contributed by atoms with Crippen molar-refractivity contribution in [3.8, 4) is 0 Å². The standard InChI is InChI=1S/C30H31Cl4N3O4S/c1-2-28(30(39)35-24-8-6-7-9-24)36(18-20-12-13-21(31)17-27(20)34)29(38)19-37(25-15-22(32)14-23(33)16-25)42(40,41)26-10-4-3-5-11-26/h3-5,10-17,24,28H,2,6-9,18-19H2,1H3,(H,35,39). The highest BCUT2D eigenvalue weighted by Crippen LogP contribution is 2.31. The van der Waals surface area contributed by atoms with Crippen molar-refractivity contribution in [2.45, 2.75) is 62.6 Å². The highest BCUT2D eigenvalue weighted by Gasteiger charge is 2.35. The van der Waals surface area contributed by atoms with Gasteiger partial charge in [-0.05, 0) is 67.3 Å². The number of halogens is 4. The molecule has 0 radical (unpaired) electrons. The van der Waals surface area contributed by atoms with E-state index in [2.05, 4.69) is 5.32 Å². The Morgan fingerprint density at radius 3 is 2.14 bits per heavy atom. The van der Waals surface area contributed by atoms with Crippen LogP contribution in [0, 0.1) is 0 Å². The van der Waals surface area contributed by atoms with Gasteiger partial charge in [-0.2, -0.15) is 0 Å². The van der Waals surface area contributed by atoms with Crippen molar-refractivity contribution < 1.29 is 18.0 Å². The topological polar surface area (TPSA) is 86.8 Å². The molecule has 3 aromatic rings. The molecule has 0 aliphatic heterocycles. The number of nitrogens with zero attached hydrogens (tertiary/aromatic N) is 2. The SMILES string of the molecule is CCC(C(=O)NC1CCCC1)N(Cc1ccc(Cl)cc1Cl)C(=O)CN(c1cc(Cl)cc(Cl)c1)S(=O)(=O)c1ccccc1. The van der Waals surface area contributed by atoms with Gasteiger partial charge in [0.05, 0.1) is 10.6 Å². The van der Waals surface area contributed by atoms with Gasteiger partial charge in [0.15, 0.2) is 0 Å². The molecule has 7 nitrogen and oxygen atoms in total. The van der Waals surface area contributed by atoms with Crippen LogP contribution in [0.4, 0.5) is 5.69 Å². The van der Waals surface area contributed by atoms with E-state index in [1.54, 1.807) is 43.3 Å². The molecule has 42 heavy (non-hydrogen) atoms. The molecule has 4 rings (SSSR count). The van der Waals surface area contributed by atoms with Crippen molar-refractivity contribution in [3.05, 3.63) is 92.4 Å². The number of nitrogens with one attached hydrogen (secondary N) is 1. The van der Waals surface area contributed by atoms with Crippen LogP contribution in [0.15, 0.2) is 71.6 Å². The third kappa shape index (κ3) is 7.91. The molecular weight excluding hydrogens is 640 g/mol. The monoisotopic (exact) mass is 669 g/mol. The molecule has 12 heteroatoms. The minimum Gasteiger partial charge on any atom is -0.352 e. The maximum Gasteiger partial charge on any atom is 0.264 e. The Morgan fingerprint density at radius 2 is 1.55 bits per heavy atom. The number of benzene rings is 3. The zero-order chi connectivity index (χ0) is 30.4. The first-order valence-electron chi connectivity index (χ1n) is 13.6. The summed E-state index contributed by atoms with van der Waals surface area (Å²) >= 11 is 25.1. The second-order valence-electron chi connectivity index (χ2n) is 10.1. The number of carbonyl (C=O) groups is 2. The second kappa shape index (κ2) is 14.3. The lowest BCUT2D eigenvalue weighted by atomic mass is 10.1. The van der Waals surface area contributed by atoms with E-state index in [4.69, 9.17) is 46.4 Å². The molecule has 0 aromatic heterocycles. The first-order chi connectivity index (χ1) is 20.0. The van der Waals surface area contributed by atoms with Gasteiger partial charge in [-0.1, -0.05) is 90.4 Å². The van der Waals surface area contributed by atoms with E-state index in [1.165, 1.54) is 35.2 Å². The number of amides is 2. The van der Waals surface area contributed by atoms with Crippen molar-refractivity contribution in [2.75, 3.05) is 10.8 Å². The zero-order valence-electron chi connectivity index (χ0n) is 22.9. The lowest BCUT2D eigenvalue weighted by molar-refractivity contribution is -0.140. The average Bonchev–Trinajstić information content (AvgIpc) is 3.45. The van der Waals surface area contributed by atoms with E-state index in [9.17, 15) is 18.0 Å². The summed E-state index contributed by atoms with van der Waals surface area (Å²) in [5.41, 5.74) is 0.669. The molecule has 2 amide bonds. The van der Waals surface area contributed by atoms with Gasteiger partial charge in [-0.15, -0.1) is 0 Å². The molecule has 1 atom stereocenters. The highest BCUT2D eigenvalue weighted by atomic mass is 35.5. The third-order valence-electron chi connectivity index (χ3n) is 7.19. The van der Waals surface area contributed by atoms with Crippen LogP contribution in [0.5, 0.6) is 0 Å². The number of rotatable bonds is 11. The van der Waals surface area contributed by atoms with Gasteiger partial charge >= 0.3 is 0 Å². The van der Waals surface area contributed by atoms with Crippen molar-refractivity contribution in [3.63, 3.8) is 0 Å². The van der Waals surface area contributed by atoms with Crippen molar-refractivity contribution >= 4 is 73.9 Å². The Morgan fingerprint density at radius 1 is 0.905 bits per heavy atom. The molecule has 3 aromatic carbocycles. The first kappa shape index (κ1) is 32.4. The Hall–Kier alpha value is -2.49. The zero-order valence-corrected chi connectivity index (χ0v) is 26.7. The number of anilines is 1. The van der Waals surface area contributed by atoms with Crippen LogP contribution in [-0.4, -0.2) is 43.8 Å². The van der Waals surface area contributed by atoms with Crippen LogP contribution in [0.2, 0.25) is 20.1 Å². The van der Waals surface area contributed by atoms with Crippen LogP contribution in [-0.2, 0) is 26.2 Å². The normalized spacial score (nSPS) is 14.4. The molecule has 0 bridgehead atoms. The van der Waals surface area contributed by atoms with E-state index in [0.717, 1.165) is 30.0 Å². The summed E-state index contributed by atoms with van der Waals surface area (Å²) in [6.45, 7) is 1.14. The Bertz CT molecular complexity index is 1510. The van der Waals surface area contributed by atoms with E-state index in [1.807, 2.05) is 0 Å². The van der Waals surface area contributed by atoms with Crippen molar-refractivity contribution in [1.29, 1.82) is 0 Å². The fraction of sp³-hybridized carbons (Fsp3) is 0.333. The molecule has 1 saturated carbocycles. The van der Waals surface area contributed by atoms with Crippen LogP contribution in [0.3, 0.4) is 0 Å². The minimum absolute atomic E-state index is 0.0211. The maximum absolute atomic E-state index is 14.2. The largest absolute Gasteiger partial charge is 0.352 e. The summed E-state index contributed by atoms with van der Waals surface area (Å²) in [5, 5.41) is 4.22. The molecule has 1 N–H and O–H groups in total. The molecular formula is C30H31Cl4N3O4S. The first-order valence-corrected chi connectivity index (χ1v) is 16.5. The molecule has 1 aliphatic rings. The third-order valence-corrected chi connectivity index (χ3v) is 10.0. The molecule has 1 aliphatic carbocycles. The van der Waals surface area contributed by atoms with Gasteiger partial charge < -0.3 is 10.2 Å². The fourth-order valence-electron chi connectivity index (χ4n) is 5.05. The predicted octanol–water partition coefficient (Wildman–Crippen LogP) is 7.36. The summed E-state index contributed by atoms with van der Waals surface area (Å²) in [6.07, 6.45) is 4.10. The van der Waals surface area contributed by atoms with E-state index >= 15 is 0 Å². The van der Waals surface area contributed by atoms with Crippen LogP contribution in [0.1, 0.15) is 44.6 Å². The van der Waals surface area contributed by atoms with Crippen LogP contribution >= 0.6 is 46.4 Å². The minimum atomic E-state index is -4.25. The summed E-state index contributed by atoms with van der Waals surface area (Å²) in [6, 6.07) is 16.1. The summed E-state index contributed by atoms with van der Waals surface area (Å²) < 4.78 is 28.8. The molecule has 0 heterocycles. The highest BCUT2D eigenvalue weighted by molar-refractivity contribution is 7.92. The molecule has 0 saturated heterocycles. The second-order valence-corrected chi connectivity index (χ2v) is 13.7. The van der Waals surface area contributed by atoms with Gasteiger partial charge in [0.2, 0.25) is 11.8 Å². The summed E-state index contributed by atoms with van der Waals surface area (Å²) in [7, 11) is -4.25. The van der Waals surface area contributed by atoms with Crippen LogP contribution in [0.25, 0.3) is 0 Å². The fourth-order valence-corrected chi connectivity index (χ4v) is 7.45. The summed E-state index contributed by atoms with van der Waals surface area (Å²) in [5.74, 6) is -0.906. The number of sulfonamides is 1. The molecule has 1 unspecified atom stereocenters. The predicted molar refractivity (Wildman–Crippen MR) is 169 cm³/mol. The maximum atomic E-state index is 14.2. The smallest absolute Gasteiger partial charge is 0.264 e. The Kier molecular flexibility index (Phi) is 11.1. The molecule has 1 fully saturated rings. The van der Waals surface area contributed by atoms with Gasteiger partial charge in [-0.25, -0.2) is 8.42 Å². The van der Waals surface area contributed by atoms with E-state index in [-0.39, 0.29) is 39.1 Å². The average molecular weight is 671 g/mol. The van der Waals surface area contributed by atoms with Crippen molar-refractivity contribution in [1.82, 2.24) is 10.2 Å². The number of hydrogen-bond donors (Lipinski definition) is 1. The van der Waals surface area contributed by atoms with E-state index in [0.29, 0.717) is 22.0 Å². The van der Waals surface area contributed by atoms with Crippen LogP contribution < -0.4 is 9.62 Å². The van der Waals surface area contributed by atoms with E-state index < -0.39 is 28.5 Å². The van der Waals surface area contributed by atoms with Gasteiger partial charge in [0.25, 0.3) is 10.0 Å². The summed E-state index contributed by atoms with van der Waals surface area (Å²) in [4.78, 5) is 29.1.